The van der Waals surface area contributed by atoms with Gasteiger partial charge in [-0.05, 0) is 19.3 Å². The molecule has 1 aliphatic carbocycles. The summed E-state index contributed by atoms with van der Waals surface area (Å²) in [6.45, 7) is 0. The monoisotopic (exact) mass is 193 g/mol. The van der Waals surface area contributed by atoms with Crippen molar-refractivity contribution in [2.75, 3.05) is 0 Å². The number of hydrogen-bond donors (Lipinski definition) is 2. The minimum absolute atomic E-state index is 0.269. The van der Waals surface area contributed by atoms with E-state index in [9.17, 15) is 4.79 Å². The van der Waals surface area contributed by atoms with E-state index >= 15 is 0 Å². The normalized spacial score (nSPS) is 24.3. The molecule has 3 N–H and O–H groups in total. The summed E-state index contributed by atoms with van der Waals surface area (Å²) in [5.41, 5.74) is 2.90. The van der Waals surface area contributed by atoms with Crippen LogP contribution in [0.15, 0.2) is 4.99 Å². The second-order valence-electron chi connectivity index (χ2n) is 3.40. The van der Waals surface area contributed by atoms with Gasteiger partial charge in [0, 0.05) is 18.1 Å². The van der Waals surface area contributed by atoms with Crippen LogP contribution in [-0.4, -0.2) is 11.7 Å². The van der Waals surface area contributed by atoms with Gasteiger partial charge < -0.3 is 0 Å². The zero-order chi connectivity index (χ0) is 10.4. The maximum Gasteiger partial charge on any atom is 0.354 e. The SMILES string of the molecule is C#CCC1CCCC/C1=N\C(=O)NN. The van der Waals surface area contributed by atoms with Gasteiger partial charge in [0.2, 0.25) is 0 Å². The van der Waals surface area contributed by atoms with Crippen LogP contribution in [0.4, 0.5) is 4.79 Å². The summed E-state index contributed by atoms with van der Waals surface area (Å²) in [7, 11) is 0. The number of carbonyl (C=O) groups is 1. The predicted molar refractivity (Wildman–Crippen MR) is 55.6 cm³/mol. The average molecular weight is 193 g/mol. The van der Waals surface area contributed by atoms with Crippen molar-refractivity contribution in [3.63, 3.8) is 0 Å². The first kappa shape index (κ1) is 10.7. The minimum atomic E-state index is -0.482. The molecule has 0 aliphatic heterocycles. The fourth-order valence-electron chi connectivity index (χ4n) is 1.74. The summed E-state index contributed by atoms with van der Waals surface area (Å²) in [5, 5.41) is 0. The molecule has 1 atom stereocenters. The Morgan fingerprint density at radius 3 is 3.14 bits per heavy atom. The van der Waals surface area contributed by atoms with Crippen LogP contribution in [0.3, 0.4) is 0 Å². The van der Waals surface area contributed by atoms with Gasteiger partial charge in [-0.1, -0.05) is 6.42 Å². The maximum absolute atomic E-state index is 11.0. The molecule has 4 heteroatoms. The predicted octanol–water partition coefficient (Wildman–Crippen LogP) is 1.22. The van der Waals surface area contributed by atoms with E-state index in [2.05, 4.69) is 10.9 Å². The van der Waals surface area contributed by atoms with Crippen molar-refractivity contribution in [2.24, 2.45) is 16.8 Å². The maximum atomic E-state index is 11.0. The van der Waals surface area contributed by atoms with E-state index in [4.69, 9.17) is 12.3 Å². The number of terminal acetylenes is 1. The molecule has 4 nitrogen and oxygen atoms in total. The van der Waals surface area contributed by atoms with Gasteiger partial charge in [-0.3, -0.25) is 5.43 Å². The van der Waals surface area contributed by atoms with E-state index in [0.29, 0.717) is 6.42 Å². The van der Waals surface area contributed by atoms with Crippen molar-refractivity contribution in [3.05, 3.63) is 0 Å². The van der Waals surface area contributed by atoms with Gasteiger partial charge in [-0.2, -0.15) is 0 Å². The number of carbonyl (C=O) groups excluding carboxylic acids is 1. The second-order valence-corrected chi connectivity index (χ2v) is 3.40. The van der Waals surface area contributed by atoms with Gasteiger partial charge in [0.1, 0.15) is 0 Å². The highest BCUT2D eigenvalue weighted by atomic mass is 16.2. The Kier molecular flexibility index (Phi) is 4.14. The summed E-state index contributed by atoms with van der Waals surface area (Å²) in [6.07, 6.45) is 10.1. The van der Waals surface area contributed by atoms with Gasteiger partial charge in [0.15, 0.2) is 0 Å². The number of hydrogen-bond acceptors (Lipinski definition) is 2. The summed E-state index contributed by atoms with van der Waals surface area (Å²) in [6, 6.07) is -0.482. The van der Waals surface area contributed by atoms with Crippen LogP contribution in [0, 0.1) is 18.3 Å². The number of urea groups is 1. The van der Waals surface area contributed by atoms with Crippen LogP contribution in [0.1, 0.15) is 32.1 Å². The molecule has 0 heterocycles. The standard InChI is InChI=1S/C10H15N3O/c1-2-5-8-6-3-4-7-9(8)12-10(14)13-11/h1,8H,3-7,11H2,(H,13,14)/b12-9+. The number of nitrogens with one attached hydrogen (secondary N) is 1. The molecular weight excluding hydrogens is 178 g/mol. The van der Waals surface area contributed by atoms with E-state index in [-0.39, 0.29) is 5.92 Å². The Morgan fingerprint density at radius 1 is 1.71 bits per heavy atom. The van der Waals surface area contributed by atoms with Crippen molar-refractivity contribution >= 4 is 11.7 Å². The third-order valence-electron chi connectivity index (χ3n) is 2.44. The summed E-state index contributed by atoms with van der Waals surface area (Å²) in [5.74, 6) is 7.85. The molecule has 0 aromatic heterocycles. The molecular formula is C10H15N3O. The van der Waals surface area contributed by atoms with Gasteiger partial charge in [-0.15, -0.1) is 12.3 Å². The van der Waals surface area contributed by atoms with Crippen molar-refractivity contribution in [1.82, 2.24) is 5.43 Å². The number of nitrogens with two attached hydrogens (primary N) is 1. The van der Waals surface area contributed by atoms with Crippen molar-refractivity contribution in [2.45, 2.75) is 32.1 Å². The van der Waals surface area contributed by atoms with Crippen LogP contribution in [0.2, 0.25) is 0 Å². The molecule has 2 amide bonds. The summed E-state index contributed by atoms with van der Waals surface area (Å²) in [4.78, 5) is 14.9. The first-order valence-corrected chi connectivity index (χ1v) is 4.79. The van der Waals surface area contributed by atoms with Crippen LogP contribution < -0.4 is 11.3 Å². The lowest BCUT2D eigenvalue weighted by atomic mass is 9.85. The molecule has 14 heavy (non-hydrogen) atoms. The fourth-order valence-corrected chi connectivity index (χ4v) is 1.74. The summed E-state index contributed by atoms with van der Waals surface area (Å²) < 4.78 is 0. The third-order valence-corrected chi connectivity index (χ3v) is 2.44. The molecule has 0 saturated heterocycles. The van der Waals surface area contributed by atoms with Crippen molar-refractivity contribution in [1.29, 1.82) is 0 Å². The highest BCUT2D eigenvalue weighted by Gasteiger charge is 2.20. The smallest absolute Gasteiger partial charge is 0.274 e. The minimum Gasteiger partial charge on any atom is -0.274 e. The summed E-state index contributed by atoms with van der Waals surface area (Å²) >= 11 is 0. The lowest BCUT2D eigenvalue weighted by Crippen LogP contribution is -2.30. The van der Waals surface area contributed by atoms with Gasteiger partial charge in [0.05, 0.1) is 0 Å². The fraction of sp³-hybridized carbons (Fsp3) is 0.600. The zero-order valence-corrected chi connectivity index (χ0v) is 8.12. The Bertz CT molecular complexity index is 278. The van der Waals surface area contributed by atoms with Gasteiger partial charge >= 0.3 is 6.03 Å². The molecule has 0 aromatic rings. The quantitative estimate of drug-likeness (QED) is 0.284. The number of rotatable bonds is 1. The first-order valence-electron chi connectivity index (χ1n) is 4.79. The van der Waals surface area contributed by atoms with Gasteiger partial charge in [-0.25, -0.2) is 15.6 Å². The number of amides is 2. The Morgan fingerprint density at radius 2 is 2.50 bits per heavy atom. The number of nitrogens with zero attached hydrogens (tertiary/aromatic N) is 1. The lowest BCUT2D eigenvalue weighted by molar-refractivity contribution is 0.249. The topological polar surface area (TPSA) is 67.5 Å². The molecule has 0 bridgehead atoms. The second kappa shape index (κ2) is 5.40. The molecule has 0 spiro atoms. The van der Waals surface area contributed by atoms with Crippen LogP contribution in [-0.2, 0) is 0 Å². The first-order chi connectivity index (χ1) is 6.77. The van der Waals surface area contributed by atoms with Crippen LogP contribution in [0.25, 0.3) is 0 Å². The number of hydrazine groups is 1. The Hall–Kier alpha value is -1.34. The van der Waals surface area contributed by atoms with Crippen molar-refractivity contribution in [3.8, 4) is 12.3 Å². The Balaban J connectivity index is 2.67. The molecule has 1 unspecified atom stereocenters. The van der Waals surface area contributed by atoms with Crippen molar-refractivity contribution < 1.29 is 4.79 Å². The molecule has 0 radical (unpaired) electrons. The molecule has 0 aromatic carbocycles. The molecule has 1 fully saturated rings. The molecule has 76 valence electrons. The van der Waals surface area contributed by atoms with E-state index in [1.54, 1.807) is 0 Å². The van der Waals surface area contributed by atoms with Crippen LogP contribution in [0.5, 0.6) is 0 Å². The molecule has 1 saturated carbocycles. The third kappa shape index (κ3) is 2.86. The number of aliphatic imine (C=N–C) groups is 1. The lowest BCUT2D eigenvalue weighted by Gasteiger charge is -2.21. The molecule has 1 rings (SSSR count). The average Bonchev–Trinajstić information content (AvgIpc) is 2.21. The Labute approximate surface area is 83.9 Å². The van der Waals surface area contributed by atoms with Crippen LogP contribution >= 0.6 is 0 Å². The van der Waals surface area contributed by atoms with E-state index < -0.39 is 6.03 Å². The van der Waals surface area contributed by atoms with E-state index in [0.717, 1.165) is 31.4 Å². The largest absolute Gasteiger partial charge is 0.354 e. The molecule has 1 aliphatic rings. The van der Waals surface area contributed by atoms with Gasteiger partial charge in [0.25, 0.3) is 0 Å². The highest BCUT2D eigenvalue weighted by molar-refractivity contribution is 5.96. The zero-order valence-electron chi connectivity index (χ0n) is 8.12. The van der Waals surface area contributed by atoms with E-state index in [1.165, 1.54) is 0 Å². The highest BCUT2D eigenvalue weighted by Crippen LogP contribution is 2.24. The van der Waals surface area contributed by atoms with E-state index in [1.807, 2.05) is 5.43 Å².